The molecule has 1 unspecified atom stereocenters. The molecule has 1 aromatic rings. The van der Waals surface area contributed by atoms with Crippen molar-refractivity contribution in [3.63, 3.8) is 0 Å². The summed E-state index contributed by atoms with van der Waals surface area (Å²) < 4.78 is 42.9. The van der Waals surface area contributed by atoms with Crippen LogP contribution in [0, 0.1) is 5.41 Å². The second-order valence-corrected chi connectivity index (χ2v) is 5.16. The second-order valence-electron chi connectivity index (χ2n) is 5.16. The molecule has 1 N–H and O–H groups in total. The van der Waals surface area contributed by atoms with E-state index < -0.39 is 29.5 Å². The molecule has 1 atom stereocenters. The van der Waals surface area contributed by atoms with E-state index in [9.17, 15) is 18.0 Å². The molecule has 0 aliphatic rings. The van der Waals surface area contributed by atoms with Crippen LogP contribution >= 0.6 is 0 Å². The normalized spacial score (nSPS) is 14.2. The highest BCUT2D eigenvalue weighted by atomic mass is 19.4. The van der Waals surface area contributed by atoms with Crippen molar-refractivity contribution in [3.05, 3.63) is 18.0 Å². The van der Waals surface area contributed by atoms with Crippen LogP contribution in [0.2, 0.25) is 0 Å². The Balaban J connectivity index is 2.85. The van der Waals surface area contributed by atoms with E-state index in [1.54, 1.807) is 20.8 Å². The zero-order chi connectivity index (χ0) is 14.8. The van der Waals surface area contributed by atoms with Crippen LogP contribution < -0.4 is 0 Å². The number of nitrogens with zero attached hydrogens (tertiary/aromatic N) is 2. The molecule has 0 amide bonds. The van der Waals surface area contributed by atoms with Crippen molar-refractivity contribution in [1.82, 2.24) is 9.78 Å². The molecule has 1 heterocycles. The quantitative estimate of drug-likeness (QED) is 0.864. The summed E-state index contributed by atoms with van der Waals surface area (Å²) in [6.45, 7) is 5.12. The Labute approximate surface area is 108 Å². The summed E-state index contributed by atoms with van der Waals surface area (Å²) in [6, 6.07) is 0.834. The third kappa shape index (κ3) is 4.46. The smallest absolute Gasteiger partial charge is 0.450 e. The summed E-state index contributed by atoms with van der Waals surface area (Å²) in [4.78, 5) is 10.6. The van der Waals surface area contributed by atoms with Crippen LogP contribution in [-0.2, 0) is 17.5 Å². The minimum absolute atomic E-state index is 0.0775. The lowest BCUT2D eigenvalue weighted by Gasteiger charge is -2.28. The Kier molecular flexibility index (Phi) is 4.12. The Bertz CT molecular complexity index is 449. The van der Waals surface area contributed by atoms with Crippen molar-refractivity contribution < 1.29 is 27.8 Å². The van der Waals surface area contributed by atoms with Gasteiger partial charge in [0.05, 0.1) is 6.54 Å². The van der Waals surface area contributed by atoms with E-state index in [0.717, 1.165) is 16.9 Å². The van der Waals surface area contributed by atoms with E-state index in [4.69, 9.17) is 5.11 Å². The Morgan fingerprint density at radius 2 is 2.05 bits per heavy atom. The molecule has 5 nitrogen and oxygen atoms in total. The van der Waals surface area contributed by atoms with Gasteiger partial charge in [0.1, 0.15) is 6.10 Å². The maximum absolute atomic E-state index is 12.4. The average molecular weight is 280 g/mol. The van der Waals surface area contributed by atoms with Crippen LogP contribution in [0.15, 0.2) is 12.3 Å². The molecule has 1 aromatic heterocycles. The number of carboxylic acid groups (broad SMARTS) is 1. The lowest BCUT2D eigenvalue weighted by atomic mass is 9.89. The standard InChI is InChI=1S/C11H15F3N2O3/c1-10(2,3)8(19-9(17)18)6-16-5-4-7(15-16)11(12,13)14/h4-5,8H,6H2,1-3H3,(H,17,18). The van der Waals surface area contributed by atoms with E-state index in [0.29, 0.717) is 0 Å². The van der Waals surface area contributed by atoms with E-state index in [2.05, 4.69) is 9.84 Å². The zero-order valence-corrected chi connectivity index (χ0v) is 10.7. The summed E-state index contributed by atoms with van der Waals surface area (Å²) in [5, 5.41) is 12.0. The predicted molar refractivity (Wildman–Crippen MR) is 59.6 cm³/mol. The predicted octanol–water partition coefficient (Wildman–Crippen LogP) is 3.01. The van der Waals surface area contributed by atoms with E-state index in [1.807, 2.05) is 0 Å². The lowest BCUT2D eigenvalue weighted by molar-refractivity contribution is -0.141. The molecule has 0 saturated heterocycles. The Hall–Kier alpha value is -1.73. The minimum Gasteiger partial charge on any atom is -0.450 e. The van der Waals surface area contributed by atoms with Crippen molar-refractivity contribution in [2.45, 2.75) is 39.6 Å². The lowest BCUT2D eigenvalue weighted by Crippen LogP contribution is -2.35. The topological polar surface area (TPSA) is 64.4 Å². The van der Waals surface area contributed by atoms with E-state index in [1.165, 1.54) is 0 Å². The van der Waals surface area contributed by atoms with Gasteiger partial charge in [0.25, 0.3) is 0 Å². The largest absolute Gasteiger partial charge is 0.506 e. The van der Waals surface area contributed by atoms with Crippen molar-refractivity contribution >= 4 is 6.16 Å². The average Bonchev–Trinajstić information content (AvgIpc) is 2.62. The molecule has 108 valence electrons. The van der Waals surface area contributed by atoms with Gasteiger partial charge in [-0.25, -0.2) is 4.79 Å². The molecule has 8 heteroatoms. The molecular weight excluding hydrogens is 265 g/mol. The highest BCUT2D eigenvalue weighted by Crippen LogP contribution is 2.28. The number of ether oxygens (including phenoxy) is 1. The summed E-state index contributed by atoms with van der Waals surface area (Å²) in [6.07, 6.45) is -5.64. The maximum atomic E-state index is 12.4. The molecule has 0 spiro atoms. The summed E-state index contributed by atoms with van der Waals surface area (Å²) in [7, 11) is 0. The van der Waals surface area contributed by atoms with Crippen LogP contribution in [-0.4, -0.2) is 27.1 Å². The summed E-state index contributed by atoms with van der Waals surface area (Å²) >= 11 is 0. The minimum atomic E-state index is -4.52. The van der Waals surface area contributed by atoms with Gasteiger partial charge in [0, 0.05) is 11.6 Å². The third-order valence-corrected chi connectivity index (χ3v) is 2.49. The number of rotatable bonds is 3. The monoisotopic (exact) mass is 280 g/mol. The molecule has 0 fully saturated rings. The molecule has 1 rings (SSSR count). The maximum Gasteiger partial charge on any atom is 0.506 e. The van der Waals surface area contributed by atoms with Gasteiger partial charge in [-0.15, -0.1) is 0 Å². The molecular formula is C11H15F3N2O3. The van der Waals surface area contributed by atoms with Gasteiger partial charge in [-0.3, -0.25) is 4.68 Å². The first-order chi connectivity index (χ1) is 8.50. The van der Waals surface area contributed by atoms with Gasteiger partial charge >= 0.3 is 12.3 Å². The van der Waals surface area contributed by atoms with Gasteiger partial charge in [0.15, 0.2) is 5.69 Å². The van der Waals surface area contributed by atoms with Gasteiger partial charge in [-0.1, -0.05) is 20.8 Å². The third-order valence-electron chi connectivity index (χ3n) is 2.49. The highest BCUT2D eigenvalue weighted by molar-refractivity contribution is 5.57. The van der Waals surface area contributed by atoms with Gasteiger partial charge in [-0.2, -0.15) is 18.3 Å². The fourth-order valence-corrected chi connectivity index (χ4v) is 1.39. The number of hydrogen-bond acceptors (Lipinski definition) is 3. The number of hydrogen-bond donors (Lipinski definition) is 1. The molecule has 0 radical (unpaired) electrons. The van der Waals surface area contributed by atoms with Crippen LogP contribution in [0.1, 0.15) is 26.5 Å². The van der Waals surface area contributed by atoms with Crippen LogP contribution in [0.25, 0.3) is 0 Å². The first kappa shape index (κ1) is 15.3. The molecule has 0 aliphatic carbocycles. The zero-order valence-electron chi connectivity index (χ0n) is 10.7. The van der Waals surface area contributed by atoms with E-state index in [-0.39, 0.29) is 6.54 Å². The molecule has 0 aliphatic heterocycles. The van der Waals surface area contributed by atoms with Gasteiger partial charge in [0.2, 0.25) is 0 Å². The van der Waals surface area contributed by atoms with Crippen LogP contribution in [0.5, 0.6) is 0 Å². The number of carbonyl (C=O) groups is 1. The van der Waals surface area contributed by atoms with Crippen molar-refractivity contribution in [2.75, 3.05) is 0 Å². The van der Waals surface area contributed by atoms with E-state index >= 15 is 0 Å². The molecule has 0 aromatic carbocycles. The van der Waals surface area contributed by atoms with Crippen LogP contribution in [0.3, 0.4) is 0 Å². The van der Waals surface area contributed by atoms with Gasteiger partial charge < -0.3 is 9.84 Å². The summed E-state index contributed by atoms with van der Waals surface area (Å²) in [5.74, 6) is 0. The summed E-state index contributed by atoms with van der Waals surface area (Å²) in [5.41, 5.74) is -1.57. The highest BCUT2D eigenvalue weighted by Gasteiger charge is 2.34. The SMILES string of the molecule is CC(C)(C)C(Cn1ccc(C(F)(F)F)n1)OC(=O)O. The number of aromatic nitrogens is 2. The van der Waals surface area contributed by atoms with Crippen molar-refractivity contribution in [3.8, 4) is 0 Å². The Morgan fingerprint density at radius 1 is 1.47 bits per heavy atom. The second kappa shape index (κ2) is 5.10. The van der Waals surface area contributed by atoms with Gasteiger partial charge in [-0.05, 0) is 6.07 Å². The molecule has 0 saturated carbocycles. The van der Waals surface area contributed by atoms with Crippen molar-refractivity contribution in [2.24, 2.45) is 5.41 Å². The first-order valence-electron chi connectivity index (χ1n) is 5.50. The Morgan fingerprint density at radius 3 is 2.42 bits per heavy atom. The number of halogens is 3. The first-order valence-corrected chi connectivity index (χ1v) is 5.50. The molecule has 0 bridgehead atoms. The molecule has 19 heavy (non-hydrogen) atoms. The van der Waals surface area contributed by atoms with Crippen LogP contribution in [0.4, 0.5) is 18.0 Å². The fourth-order valence-electron chi connectivity index (χ4n) is 1.39. The number of alkyl halides is 3. The fraction of sp³-hybridized carbons (Fsp3) is 0.636. The van der Waals surface area contributed by atoms with Crippen molar-refractivity contribution in [1.29, 1.82) is 0 Å².